The van der Waals surface area contributed by atoms with Crippen LogP contribution in [0.5, 0.6) is 0 Å². The third kappa shape index (κ3) is 6.41. The van der Waals surface area contributed by atoms with E-state index in [2.05, 4.69) is 25.8 Å². The molecule has 2 unspecified atom stereocenters. The number of hydrogen-bond acceptors (Lipinski definition) is 13. The number of β-lactam (4-membered cyclic amide) rings is 1. The number of nitrogens with two attached hydrogens (primary N) is 1. The minimum atomic E-state index is -1.41. The number of amides is 2. The van der Waals surface area contributed by atoms with E-state index in [1.165, 1.54) is 30.0 Å². The highest BCUT2D eigenvalue weighted by Crippen LogP contribution is 2.40. The number of pyridine rings is 1. The predicted octanol–water partition coefficient (Wildman–Crippen LogP) is 1.50. The number of thiazole rings is 2. The Bertz CT molecular complexity index is 1640. The Balaban J connectivity index is 1.31. The number of carbonyl (C=O) groups excluding carboxylic acids is 2. The van der Waals surface area contributed by atoms with Gasteiger partial charge in [0.05, 0.1) is 5.69 Å². The van der Waals surface area contributed by atoms with Gasteiger partial charge in [-0.3, -0.25) is 14.5 Å². The predicted molar refractivity (Wildman–Crippen MR) is 158 cm³/mol. The minimum absolute atomic E-state index is 0.00294. The Morgan fingerprint density at radius 3 is 2.67 bits per heavy atom. The first-order valence-electron chi connectivity index (χ1n) is 12.3. The summed E-state index contributed by atoms with van der Waals surface area (Å²) < 4.78 is 1.79. The zero-order valence-electron chi connectivity index (χ0n) is 22.0. The molecule has 6 N–H and O–H groups in total. The van der Waals surface area contributed by atoms with Crippen molar-refractivity contribution in [3.05, 3.63) is 57.4 Å². The van der Waals surface area contributed by atoms with Gasteiger partial charge in [-0.2, -0.15) is 0 Å². The van der Waals surface area contributed by atoms with Crippen LogP contribution in [0.1, 0.15) is 12.6 Å². The van der Waals surface area contributed by atoms with Gasteiger partial charge in [0.1, 0.15) is 27.1 Å². The molecular formula is C24H22ClN8O7S3+. The molecule has 0 saturated carbocycles. The lowest BCUT2D eigenvalue weighted by Crippen LogP contribution is -2.71. The second-order valence-electron chi connectivity index (χ2n) is 9.04. The zero-order valence-corrected chi connectivity index (χ0v) is 25.2. The summed E-state index contributed by atoms with van der Waals surface area (Å²) in [5.41, 5.74) is 6.21. The largest absolute Gasteiger partial charge is 0.478 e. The summed E-state index contributed by atoms with van der Waals surface area (Å²) in [6.07, 6.45) is 3.85. The van der Waals surface area contributed by atoms with Crippen molar-refractivity contribution in [1.29, 1.82) is 0 Å². The molecule has 0 radical (unpaired) electrons. The molecule has 19 heteroatoms. The average molecular weight is 666 g/mol. The van der Waals surface area contributed by atoms with E-state index in [1.807, 2.05) is 17.5 Å². The monoisotopic (exact) mass is 665 g/mol. The maximum atomic E-state index is 13.2. The van der Waals surface area contributed by atoms with Gasteiger partial charge in [0.25, 0.3) is 11.8 Å². The molecule has 43 heavy (non-hydrogen) atoms. The SMILES string of the molecule is C[C@H](O/N=C(\C(=O)NC1C(=O)N2C(C(=O)O)=C(C[n+]3ccc(Nc4nccs4)cc3)CSC12)c1nc(N)sc1Cl)C(=O)O. The molecule has 0 spiro atoms. The molecule has 1 saturated heterocycles. The summed E-state index contributed by atoms with van der Waals surface area (Å²) >= 11 is 9.75. The van der Waals surface area contributed by atoms with Crippen molar-refractivity contribution in [2.45, 2.75) is 31.0 Å². The second kappa shape index (κ2) is 12.5. The van der Waals surface area contributed by atoms with Gasteiger partial charge >= 0.3 is 11.9 Å². The molecule has 5 rings (SSSR count). The maximum Gasteiger partial charge on any atom is 0.352 e. The van der Waals surface area contributed by atoms with Crippen molar-refractivity contribution in [3.63, 3.8) is 0 Å². The topological polar surface area (TPSA) is 213 Å². The molecule has 0 aromatic carbocycles. The molecule has 5 heterocycles. The number of fused-ring (bicyclic) bond motifs is 1. The highest BCUT2D eigenvalue weighted by Gasteiger charge is 2.55. The van der Waals surface area contributed by atoms with Crippen LogP contribution < -0.4 is 20.9 Å². The van der Waals surface area contributed by atoms with Crippen molar-refractivity contribution in [2.75, 3.05) is 16.8 Å². The van der Waals surface area contributed by atoms with E-state index in [9.17, 15) is 24.3 Å². The molecule has 0 aliphatic carbocycles. The molecule has 1 fully saturated rings. The summed E-state index contributed by atoms with van der Waals surface area (Å²) in [5.74, 6) is -3.90. The van der Waals surface area contributed by atoms with Crippen molar-refractivity contribution in [1.82, 2.24) is 20.2 Å². The van der Waals surface area contributed by atoms with Crippen molar-refractivity contribution in [3.8, 4) is 0 Å². The first kappa shape index (κ1) is 30.2. The molecule has 2 amide bonds. The van der Waals surface area contributed by atoms with E-state index < -0.39 is 47.0 Å². The number of carbonyl (C=O) groups is 4. The van der Waals surface area contributed by atoms with Gasteiger partial charge in [0.15, 0.2) is 34.9 Å². The number of anilines is 3. The Hall–Kier alpha value is -4.26. The van der Waals surface area contributed by atoms with E-state index in [0.29, 0.717) is 5.57 Å². The molecule has 2 aliphatic rings. The Morgan fingerprint density at radius 1 is 1.33 bits per heavy atom. The second-order valence-corrected chi connectivity index (χ2v) is 12.7. The maximum absolute atomic E-state index is 13.2. The van der Waals surface area contributed by atoms with E-state index in [0.717, 1.165) is 27.1 Å². The number of nitrogens with one attached hydrogen (secondary N) is 2. The highest BCUT2D eigenvalue weighted by atomic mass is 35.5. The molecule has 3 atom stereocenters. The van der Waals surface area contributed by atoms with Crippen LogP contribution in [0, 0.1) is 0 Å². The van der Waals surface area contributed by atoms with Crippen LogP contribution in [-0.2, 0) is 30.6 Å². The third-order valence-electron chi connectivity index (χ3n) is 6.18. The van der Waals surface area contributed by atoms with Crippen LogP contribution in [-0.4, -0.2) is 77.8 Å². The number of nitrogen functional groups attached to an aromatic ring is 1. The number of carboxylic acids is 2. The Morgan fingerprint density at radius 2 is 2.07 bits per heavy atom. The lowest BCUT2D eigenvalue weighted by molar-refractivity contribution is -0.688. The number of carboxylic acid groups (broad SMARTS) is 2. The highest BCUT2D eigenvalue weighted by molar-refractivity contribution is 8.00. The van der Waals surface area contributed by atoms with Crippen LogP contribution in [0.25, 0.3) is 0 Å². The fourth-order valence-electron chi connectivity index (χ4n) is 4.12. The van der Waals surface area contributed by atoms with Crippen molar-refractivity contribution >= 4 is 91.5 Å². The number of hydrogen-bond donors (Lipinski definition) is 5. The first-order valence-corrected chi connectivity index (χ1v) is 15.4. The number of rotatable bonds is 11. The fraction of sp³-hybridized carbons (Fsp3) is 0.250. The van der Waals surface area contributed by atoms with Crippen molar-refractivity contribution < 1.29 is 38.8 Å². The summed E-state index contributed by atoms with van der Waals surface area (Å²) in [6, 6.07) is 2.54. The molecule has 3 aromatic rings. The summed E-state index contributed by atoms with van der Waals surface area (Å²) in [7, 11) is 0. The van der Waals surface area contributed by atoms with E-state index >= 15 is 0 Å². The third-order valence-corrected chi connectivity index (χ3v) is 9.29. The van der Waals surface area contributed by atoms with Gasteiger partial charge < -0.3 is 31.4 Å². The summed E-state index contributed by atoms with van der Waals surface area (Å²) in [6.45, 7) is 1.42. The van der Waals surface area contributed by atoms with E-state index in [-0.39, 0.29) is 33.2 Å². The Kier molecular flexibility index (Phi) is 8.81. The average Bonchev–Trinajstić information content (AvgIpc) is 3.60. The van der Waals surface area contributed by atoms with Crippen LogP contribution >= 0.6 is 46.0 Å². The number of thioether (sulfide) groups is 1. The number of nitrogens with zero attached hydrogens (tertiary/aromatic N) is 5. The van der Waals surface area contributed by atoms with Crippen molar-refractivity contribution in [2.24, 2.45) is 5.16 Å². The standard InChI is InChI=1S/C24H21ClN8O7S3/c1-10(21(36)37)40-31-14(13-17(25)43-23(26)30-13)18(34)29-15-19(35)33-16(22(38)39)11(9-42-20(15)33)8-32-5-2-12(3-6-32)28-24-27-4-7-41-24/h2-7,10,15,20H,8-9H2,1H3,(H5,26,29,30,34,36,37,38,39)/p+1/b31-14-/t10-,15?,20?/m0/s1. The quantitative estimate of drug-likeness (QED) is 0.0853. The molecule has 3 aromatic heterocycles. The van der Waals surface area contributed by atoms with Crippen LogP contribution in [0.3, 0.4) is 0 Å². The molecule has 2 aliphatic heterocycles. The first-order chi connectivity index (χ1) is 20.5. The number of oxime groups is 1. The molecule has 224 valence electrons. The number of aliphatic carboxylic acids is 2. The van der Waals surface area contributed by atoms with Gasteiger partial charge in [0, 0.05) is 35.0 Å². The van der Waals surface area contributed by atoms with Crippen LogP contribution in [0.15, 0.2) is 52.5 Å². The Labute approximate surface area is 260 Å². The minimum Gasteiger partial charge on any atom is -0.478 e. The van der Waals surface area contributed by atoms with Gasteiger partial charge in [0.2, 0.25) is 6.10 Å². The fourth-order valence-corrected chi connectivity index (χ4v) is 6.93. The summed E-state index contributed by atoms with van der Waals surface area (Å²) in [5, 5.41) is 30.4. The van der Waals surface area contributed by atoms with Crippen LogP contribution in [0.4, 0.5) is 16.0 Å². The van der Waals surface area contributed by atoms with Gasteiger partial charge in [-0.25, -0.2) is 24.1 Å². The zero-order chi connectivity index (χ0) is 30.8. The van der Waals surface area contributed by atoms with Gasteiger partial charge in [-0.05, 0) is 6.92 Å². The molecular weight excluding hydrogens is 644 g/mol. The lowest BCUT2D eigenvalue weighted by atomic mass is 10.0. The molecule has 0 bridgehead atoms. The normalized spacial score (nSPS) is 18.9. The van der Waals surface area contributed by atoms with Crippen LogP contribution in [0.2, 0.25) is 4.34 Å². The number of aromatic nitrogens is 3. The summed E-state index contributed by atoms with van der Waals surface area (Å²) in [4.78, 5) is 64.1. The smallest absolute Gasteiger partial charge is 0.352 e. The van der Waals surface area contributed by atoms with E-state index in [4.69, 9.17) is 27.3 Å². The van der Waals surface area contributed by atoms with Gasteiger partial charge in [-0.1, -0.05) is 28.1 Å². The van der Waals surface area contributed by atoms with E-state index in [1.54, 1.807) is 23.2 Å². The molecule has 15 nitrogen and oxygen atoms in total. The number of halogens is 1. The lowest BCUT2D eigenvalue weighted by Gasteiger charge is -2.49. The van der Waals surface area contributed by atoms with Gasteiger partial charge in [-0.15, -0.1) is 23.1 Å².